The maximum absolute atomic E-state index is 13.0. The fraction of sp³-hybridized carbons (Fsp3) is 0.538. The minimum absolute atomic E-state index is 0.0213. The molecule has 4 rings (SSSR count). The van der Waals surface area contributed by atoms with Gasteiger partial charge in [-0.2, -0.15) is 5.10 Å². The molecule has 8 heteroatoms. The predicted molar refractivity (Wildman–Crippen MR) is 127 cm³/mol. The zero-order chi connectivity index (χ0) is 24.3. The SMILES string of the molecule is [C-]#[N+]c1cccc(C(=O)OCC(C)(C)Cn2nc(CC)c3c2CC2(CCOCC2)CNC3=O)c1. The third-order valence-electron chi connectivity index (χ3n) is 6.79. The Bertz CT molecular complexity index is 1120. The normalized spacial score (nSPS) is 17.4. The number of nitrogens with one attached hydrogen (secondary N) is 1. The quantitative estimate of drug-likeness (QED) is 0.517. The molecule has 2 aliphatic heterocycles. The molecule has 1 aromatic heterocycles. The Morgan fingerprint density at radius 2 is 2.12 bits per heavy atom. The predicted octanol–water partition coefficient (Wildman–Crippen LogP) is 3.96. The van der Waals surface area contributed by atoms with Gasteiger partial charge in [0, 0.05) is 37.3 Å². The van der Waals surface area contributed by atoms with E-state index >= 15 is 0 Å². The maximum Gasteiger partial charge on any atom is 0.336 e. The standard InChI is InChI=1S/C26H32N4O4/c1-5-20-22-21(14-26(15-28-23(22)31)9-11-33-12-10-26)30(29-20)16-25(2,3)17-34-24(32)18-7-6-8-19(13-18)27-4/h6-8,13H,5,9-12,14-17H2,1-3H3,(H,28,31). The van der Waals surface area contributed by atoms with Gasteiger partial charge >= 0.3 is 5.97 Å². The summed E-state index contributed by atoms with van der Waals surface area (Å²) in [7, 11) is 0. The van der Waals surface area contributed by atoms with Gasteiger partial charge in [0.2, 0.25) is 0 Å². The van der Waals surface area contributed by atoms with Crippen LogP contribution in [-0.4, -0.2) is 48.0 Å². The second-order valence-corrected chi connectivity index (χ2v) is 10.2. The number of aromatic nitrogens is 2. The average molecular weight is 465 g/mol. The number of aryl methyl sites for hydroxylation is 1. The molecule has 1 fully saturated rings. The topological polar surface area (TPSA) is 86.8 Å². The molecule has 8 nitrogen and oxygen atoms in total. The van der Waals surface area contributed by atoms with E-state index in [9.17, 15) is 9.59 Å². The molecule has 1 saturated heterocycles. The van der Waals surface area contributed by atoms with Gasteiger partial charge in [0.25, 0.3) is 5.91 Å². The first-order valence-corrected chi connectivity index (χ1v) is 11.8. The Kier molecular flexibility index (Phi) is 6.76. The number of rotatable bonds is 6. The molecule has 1 aromatic carbocycles. The van der Waals surface area contributed by atoms with Crippen molar-refractivity contribution in [1.82, 2.24) is 15.1 Å². The van der Waals surface area contributed by atoms with Crippen molar-refractivity contribution < 1.29 is 19.1 Å². The molecule has 2 aliphatic rings. The Balaban J connectivity index is 1.54. The summed E-state index contributed by atoms with van der Waals surface area (Å²) in [6, 6.07) is 6.52. The Morgan fingerprint density at radius 3 is 2.82 bits per heavy atom. The summed E-state index contributed by atoms with van der Waals surface area (Å²) in [6.45, 7) is 16.0. The van der Waals surface area contributed by atoms with E-state index < -0.39 is 11.4 Å². The molecule has 0 unspecified atom stereocenters. The van der Waals surface area contributed by atoms with Crippen molar-refractivity contribution in [3.8, 4) is 0 Å². The largest absolute Gasteiger partial charge is 0.461 e. The number of ether oxygens (including phenoxy) is 2. The van der Waals surface area contributed by atoms with Crippen molar-refractivity contribution in [1.29, 1.82) is 0 Å². The van der Waals surface area contributed by atoms with E-state index in [-0.39, 0.29) is 17.9 Å². The van der Waals surface area contributed by atoms with Crippen LogP contribution >= 0.6 is 0 Å². The van der Waals surface area contributed by atoms with E-state index in [2.05, 4.69) is 10.2 Å². The Labute approximate surface area is 200 Å². The molecule has 0 saturated carbocycles. The molecular weight excluding hydrogens is 432 g/mol. The highest BCUT2D eigenvalue weighted by Crippen LogP contribution is 2.38. The van der Waals surface area contributed by atoms with Gasteiger partial charge in [-0.05, 0) is 37.2 Å². The van der Waals surface area contributed by atoms with Crippen molar-refractivity contribution in [3.63, 3.8) is 0 Å². The smallest absolute Gasteiger partial charge is 0.336 e. The van der Waals surface area contributed by atoms with Gasteiger partial charge in [-0.3, -0.25) is 9.48 Å². The Hall–Kier alpha value is -3.18. The summed E-state index contributed by atoms with van der Waals surface area (Å²) >= 11 is 0. The first kappa shape index (κ1) is 24.0. The minimum Gasteiger partial charge on any atom is -0.461 e. The van der Waals surface area contributed by atoms with Gasteiger partial charge in [0.1, 0.15) is 0 Å². The number of nitrogens with zero attached hydrogens (tertiary/aromatic N) is 3. The van der Waals surface area contributed by atoms with Crippen LogP contribution in [0.1, 0.15) is 65.7 Å². The van der Waals surface area contributed by atoms with Crippen LogP contribution in [0.2, 0.25) is 0 Å². The van der Waals surface area contributed by atoms with Crippen molar-refractivity contribution in [2.24, 2.45) is 10.8 Å². The van der Waals surface area contributed by atoms with E-state index in [0.29, 0.717) is 49.5 Å². The number of hydrogen-bond donors (Lipinski definition) is 1. The summed E-state index contributed by atoms with van der Waals surface area (Å²) in [5, 5.41) is 7.97. The lowest BCUT2D eigenvalue weighted by Crippen LogP contribution is -2.41. The van der Waals surface area contributed by atoms with Crippen LogP contribution in [-0.2, 0) is 28.9 Å². The fourth-order valence-electron chi connectivity index (χ4n) is 4.80. The van der Waals surface area contributed by atoms with E-state index in [4.69, 9.17) is 21.1 Å². The van der Waals surface area contributed by atoms with Crippen molar-refractivity contribution >= 4 is 17.6 Å². The summed E-state index contributed by atoms with van der Waals surface area (Å²) in [6.07, 6.45) is 3.26. The number of carbonyl (C=O) groups excluding carboxylic acids is 2. The third-order valence-corrected chi connectivity index (χ3v) is 6.79. The number of esters is 1. The Morgan fingerprint density at radius 1 is 1.35 bits per heavy atom. The zero-order valence-electron chi connectivity index (χ0n) is 20.1. The molecule has 2 aromatic rings. The third kappa shape index (κ3) is 5.00. The number of fused-ring (bicyclic) bond motifs is 1. The average Bonchev–Trinajstić information content (AvgIpc) is 3.10. The number of carbonyl (C=O) groups is 2. The lowest BCUT2D eigenvalue weighted by molar-refractivity contribution is 0.0145. The van der Waals surface area contributed by atoms with Crippen molar-refractivity contribution in [2.75, 3.05) is 26.4 Å². The first-order valence-electron chi connectivity index (χ1n) is 11.8. The van der Waals surface area contributed by atoms with Crippen molar-refractivity contribution in [2.45, 2.75) is 53.0 Å². The van der Waals surface area contributed by atoms with Gasteiger partial charge < -0.3 is 14.8 Å². The number of hydrogen-bond acceptors (Lipinski definition) is 5. The monoisotopic (exact) mass is 464 g/mol. The van der Waals surface area contributed by atoms with Gasteiger partial charge in [-0.1, -0.05) is 39.0 Å². The van der Waals surface area contributed by atoms with Crippen LogP contribution in [0, 0.1) is 17.4 Å². The zero-order valence-corrected chi connectivity index (χ0v) is 20.1. The molecule has 0 bridgehead atoms. The molecule has 0 atom stereocenters. The summed E-state index contributed by atoms with van der Waals surface area (Å²) in [5.74, 6) is -0.502. The van der Waals surface area contributed by atoms with Gasteiger partial charge in [-0.25, -0.2) is 9.64 Å². The molecule has 1 N–H and O–H groups in total. The molecule has 34 heavy (non-hydrogen) atoms. The second kappa shape index (κ2) is 9.59. The first-order chi connectivity index (χ1) is 16.3. The van der Waals surface area contributed by atoms with Crippen LogP contribution < -0.4 is 5.32 Å². The van der Waals surface area contributed by atoms with E-state index in [1.807, 2.05) is 25.5 Å². The maximum atomic E-state index is 13.0. The summed E-state index contributed by atoms with van der Waals surface area (Å²) < 4.78 is 13.2. The molecule has 0 radical (unpaired) electrons. The van der Waals surface area contributed by atoms with Crippen molar-refractivity contribution in [3.05, 3.63) is 58.2 Å². The van der Waals surface area contributed by atoms with Gasteiger partial charge in [0.15, 0.2) is 5.69 Å². The lowest BCUT2D eigenvalue weighted by Gasteiger charge is -2.36. The van der Waals surface area contributed by atoms with Gasteiger partial charge in [0.05, 0.1) is 30.1 Å². The molecular formula is C26H32N4O4. The minimum atomic E-state index is -0.451. The van der Waals surface area contributed by atoms with Crippen LogP contribution in [0.3, 0.4) is 0 Å². The molecule has 1 spiro atoms. The van der Waals surface area contributed by atoms with Gasteiger partial charge in [-0.15, -0.1) is 0 Å². The van der Waals surface area contributed by atoms with Crippen LogP contribution in [0.25, 0.3) is 4.85 Å². The number of amides is 1. The van der Waals surface area contributed by atoms with E-state index in [1.165, 1.54) is 6.07 Å². The highest BCUT2D eigenvalue weighted by atomic mass is 16.5. The lowest BCUT2D eigenvalue weighted by atomic mass is 9.76. The molecule has 180 valence electrons. The second-order valence-electron chi connectivity index (χ2n) is 10.2. The molecule has 3 heterocycles. The van der Waals surface area contributed by atoms with Crippen LogP contribution in [0.15, 0.2) is 24.3 Å². The highest BCUT2D eigenvalue weighted by molar-refractivity contribution is 5.97. The van der Waals surface area contributed by atoms with Crippen LogP contribution in [0.5, 0.6) is 0 Å². The highest BCUT2D eigenvalue weighted by Gasteiger charge is 2.40. The molecule has 0 aliphatic carbocycles. The molecule has 1 amide bonds. The fourth-order valence-corrected chi connectivity index (χ4v) is 4.80. The van der Waals surface area contributed by atoms with E-state index in [0.717, 1.165) is 30.7 Å². The summed E-state index contributed by atoms with van der Waals surface area (Å²) in [4.78, 5) is 29.0. The van der Waals surface area contributed by atoms with Crippen LogP contribution in [0.4, 0.5) is 5.69 Å². The number of benzene rings is 1. The summed E-state index contributed by atoms with van der Waals surface area (Å²) in [5.41, 5.74) is 2.81. The van der Waals surface area contributed by atoms with E-state index in [1.54, 1.807) is 18.2 Å².